The molecule has 3 nitrogen and oxygen atoms in total. The van der Waals surface area contributed by atoms with Crippen LogP contribution in [0.2, 0.25) is 0 Å². The van der Waals surface area contributed by atoms with Crippen LogP contribution in [0.3, 0.4) is 0 Å². The smallest absolute Gasteiger partial charge is 0.224 e. The topological polar surface area (TPSA) is 49.3 Å². The van der Waals surface area contributed by atoms with E-state index in [-0.39, 0.29) is 11.7 Å². The van der Waals surface area contributed by atoms with Gasteiger partial charge in [0.2, 0.25) is 5.91 Å². The van der Waals surface area contributed by atoms with Gasteiger partial charge in [-0.15, -0.1) is 0 Å². The molecule has 2 rings (SSSR count). The van der Waals surface area contributed by atoms with Gasteiger partial charge in [-0.2, -0.15) is 0 Å². The highest BCUT2D eigenvalue weighted by Crippen LogP contribution is 2.10. The molecule has 1 amide bonds. The minimum absolute atomic E-state index is 0.0195. The molecule has 2 aromatic carbocycles. The number of rotatable bonds is 4. The molecular formula is C16H17NO2. The Bertz CT molecular complexity index is 578. The molecule has 0 aromatic heterocycles. The van der Waals surface area contributed by atoms with Crippen LogP contribution in [-0.2, 0) is 17.8 Å². The third-order valence-corrected chi connectivity index (χ3v) is 2.85. The van der Waals surface area contributed by atoms with Crippen molar-refractivity contribution in [2.75, 3.05) is 0 Å². The lowest BCUT2D eigenvalue weighted by Crippen LogP contribution is -2.24. The van der Waals surface area contributed by atoms with Gasteiger partial charge in [-0.25, -0.2) is 0 Å². The highest BCUT2D eigenvalue weighted by atomic mass is 16.3. The van der Waals surface area contributed by atoms with Gasteiger partial charge in [0, 0.05) is 6.54 Å². The molecule has 0 fully saturated rings. The number of carbonyl (C=O) groups excluding carboxylic acids is 1. The van der Waals surface area contributed by atoms with Gasteiger partial charge in [-0.1, -0.05) is 42.0 Å². The second kappa shape index (κ2) is 6.05. The zero-order valence-electron chi connectivity index (χ0n) is 10.9. The largest absolute Gasteiger partial charge is 0.508 e. The number of phenolic OH excluding ortho intramolecular Hbond substituents is 1. The maximum Gasteiger partial charge on any atom is 0.224 e. The summed E-state index contributed by atoms with van der Waals surface area (Å²) in [6, 6.07) is 14.8. The molecule has 2 aromatic rings. The number of aromatic hydroxyl groups is 1. The van der Waals surface area contributed by atoms with Crippen molar-refractivity contribution in [3.05, 3.63) is 65.2 Å². The van der Waals surface area contributed by atoms with Crippen molar-refractivity contribution >= 4 is 5.91 Å². The minimum Gasteiger partial charge on any atom is -0.508 e. The quantitative estimate of drug-likeness (QED) is 0.882. The molecule has 0 spiro atoms. The van der Waals surface area contributed by atoms with Gasteiger partial charge in [0.15, 0.2) is 0 Å². The fraction of sp³-hybridized carbons (Fsp3) is 0.188. The summed E-state index contributed by atoms with van der Waals surface area (Å²) in [6.07, 6.45) is 0.375. The van der Waals surface area contributed by atoms with Crippen molar-refractivity contribution in [2.45, 2.75) is 19.9 Å². The summed E-state index contributed by atoms with van der Waals surface area (Å²) in [6.45, 7) is 2.44. The van der Waals surface area contributed by atoms with Crippen molar-refractivity contribution in [3.8, 4) is 5.75 Å². The second-order valence-corrected chi connectivity index (χ2v) is 4.61. The maximum absolute atomic E-state index is 11.8. The molecule has 0 saturated heterocycles. The zero-order chi connectivity index (χ0) is 13.7. The van der Waals surface area contributed by atoms with Gasteiger partial charge < -0.3 is 10.4 Å². The number of nitrogens with one attached hydrogen (secondary N) is 1. The molecule has 0 saturated carbocycles. The second-order valence-electron chi connectivity index (χ2n) is 4.61. The van der Waals surface area contributed by atoms with Crippen molar-refractivity contribution < 1.29 is 9.90 Å². The number of hydrogen-bond acceptors (Lipinski definition) is 2. The molecule has 2 N–H and O–H groups in total. The van der Waals surface area contributed by atoms with Crippen LogP contribution >= 0.6 is 0 Å². The van der Waals surface area contributed by atoms with E-state index in [0.29, 0.717) is 13.0 Å². The SMILES string of the molecule is Cc1cccc(CC(=O)NCc2cccc(O)c2)c1. The predicted molar refractivity (Wildman–Crippen MR) is 74.8 cm³/mol. The molecule has 0 unspecified atom stereocenters. The monoisotopic (exact) mass is 255 g/mol. The molecule has 0 atom stereocenters. The molecule has 0 radical (unpaired) electrons. The van der Waals surface area contributed by atoms with Gasteiger partial charge >= 0.3 is 0 Å². The van der Waals surface area contributed by atoms with E-state index in [9.17, 15) is 9.90 Å². The molecule has 98 valence electrons. The Labute approximate surface area is 112 Å². The van der Waals surface area contributed by atoms with Gasteiger partial charge in [0.1, 0.15) is 5.75 Å². The number of phenols is 1. The number of aryl methyl sites for hydroxylation is 1. The Morgan fingerprint density at radius 3 is 2.58 bits per heavy atom. The van der Waals surface area contributed by atoms with E-state index in [0.717, 1.165) is 16.7 Å². The van der Waals surface area contributed by atoms with Crippen LogP contribution in [0.25, 0.3) is 0 Å². The Morgan fingerprint density at radius 1 is 1.11 bits per heavy atom. The minimum atomic E-state index is -0.0195. The summed E-state index contributed by atoms with van der Waals surface area (Å²) in [4.78, 5) is 11.8. The Hall–Kier alpha value is -2.29. The molecule has 0 aliphatic heterocycles. The van der Waals surface area contributed by atoms with Crippen LogP contribution < -0.4 is 5.32 Å². The summed E-state index contributed by atoms with van der Waals surface area (Å²) < 4.78 is 0. The third kappa shape index (κ3) is 4.14. The van der Waals surface area contributed by atoms with Crippen molar-refractivity contribution in [2.24, 2.45) is 0 Å². The van der Waals surface area contributed by atoms with E-state index < -0.39 is 0 Å². The number of hydrogen-bond donors (Lipinski definition) is 2. The molecule has 0 bridgehead atoms. The van der Waals surface area contributed by atoms with E-state index >= 15 is 0 Å². The predicted octanol–water partition coefficient (Wildman–Crippen LogP) is 2.56. The van der Waals surface area contributed by atoms with E-state index in [1.165, 1.54) is 0 Å². The summed E-state index contributed by atoms with van der Waals surface area (Å²) in [5, 5.41) is 12.2. The van der Waals surface area contributed by atoms with Gasteiger partial charge in [-0.3, -0.25) is 4.79 Å². The normalized spacial score (nSPS) is 10.2. The summed E-state index contributed by atoms with van der Waals surface area (Å²) in [7, 11) is 0. The van der Waals surface area contributed by atoms with E-state index in [4.69, 9.17) is 0 Å². The summed E-state index contributed by atoms with van der Waals surface area (Å²) in [5.41, 5.74) is 3.05. The lowest BCUT2D eigenvalue weighted by molar-refractivity contribution is -0.120. The molecule has 3 heteroatoms. The molecule has 0 aliphatic carbocycles. The fourth-order valence-corrected chi connectivity index (χ4v) is 1.94. The average molecular weight is 255 g/mol. The molecular weight excluding hydrogens is 238 g/mol. The summed E-state index contributed by atoms with van der Waals surface area (Å²) >= 11 is 0. The zero-order valence-corrected chi connectivity index (χ0v) is 10.9. The Kier molecular flexibility index (Phi) is 4.18. The van der Waals surface area contributed by atoms with Crippen LogP contribution in [0.15, 0.2) is 48.5 Å². The third-order valence-electron chi connectivity index (χ3n) is 2.85. The van der Waals surface area contributed by atoms with Crippen molar-refractivity contribution in [3.63, 3.8) is 0 Å². The first-order valence-corrected chi connectivity index (χ1v) is 6.23. The van der Waals surface area contributed by atoms with Crippen LogP contribution in [0.5, 0.6) is 5.75 Å². The highest BCUT2D eigenvalue weighted by Gasteiger charge is 2.03. The highest BCUT2D eigenvalue weighted by molar-refractivity contribution is 5.78. The van der Waals surface area contributed by atoms with Crippen LogP contribution in [0, 0.1) is 6.92 Å². The van der Waals surface area contributed by atoms with Gasteiger partial charge in [0.05, 0.1) is 6.42 Å². The lowest BCUT2D eigenvalue weighted by atomic mass is 10.1. The Balaban J connectivity index is 1.88. The number of benzene rings is 2. The average Bonchev–Trinajstić information content (AvgIpc) is 2.36. The first-order chi connectivity index (χ1) is 9.13. The standard InChI is InChI=1S/C16H17NO2/c1-12-4-2-5-13(8-12)10-16(19)17-11-14-6-3-7-15(18)9-14/h2-9,18H,10-11H2,1H3,(H,17,19). The van der Waals surface area contributed by atoms with Crippen LogP contribution in [0.1, 0.15) is 16.7 Å². The lowest BCUT2D eigenvalue weighted by Gasteiger charge is -2.06. The van der Waals surface area contributed by atoms with E-state index in [1.807, 2.05) is 37.3 Å². The summed E-state index contributed by atoms with van der Waals surface area (Å²) in [5.74, 6) is 0.194. The van der Waals surface area contributed by atoms with Gasteiger partial charge in [0.25, 0.3) is 0 Å². The number of amides is 1. The molecule has 19 heavy (non-hydrogen) atoms. The van der Waals surface area contributed by atoms with Crippen LogP contribution in [0.4, 0.5) is 0 Å². The fourth-order valence-electron chi connectivity index (χ4n) is 1.94. The van der Waals surface area contributed by atoms with Crippen molar-refractivity contribution in [1.82, 2.24) is 5.32 Å². The van der Waals surface area contributed by atoms with E-state index in [1.54, 1.807) is 18.2 Å². The molecule has 0 heterocycles. The van der Waals surface area contributed by atoms with Crippen LogP contribution in [-0.4, -0.2) is 11.0 Å². The first-order valence-electron chi connectivity index (χ1n) is 6.23. The van der Waals surface area contributed by atoms with Crippen molar-refractivity contribution in [1.29, 1.82) is 0 Å². The van der Waals surface area contributed by atoms with Gasteiger partial charge in [-0.05, 0) is 30.2 Å². The van der Waals surface area contributed by atoms with E-state index in [2.05, 4.69) is 5.32 Å². The number of carbonyl (C=O) groups is 1. The molecule has 0 aliphatic rings. The maximum atomic E-state index is 11.8. The Morgan fingerprint density at radius 2 is 1.84 bits per heavy atom. The first kappa shape index (κ1) is 13.1.